The van der Waals surface area contributed by atoms with Crippen molar-refractivity contribution in [2.45, 2.75) is 0 Å². The minimum atomic E-state index is -0.226. The average molecular weight is 231 g/mol. The number of carbonyl (C=O) groups excluding carboxylic acids is 1. The molecule has 1 aliphatic rings. The predicted molar refractivity (Wildman–Crippen MR) is 63.2 cm³/mol. The Labute approximate surface area is 100 Å². The van der Waals surface area contributed by atoms with Crippen molar-refractivity contribution in [1.82, 2.24) is 4.90 Å². The van der Waals surface area contributed by atoms with E-state index in [1.807, 2.05) is 0 Å². The monoisotopic (exact) mass is 231 g/mol. The lowest BCUT2D eigenvalue weighted by molar-refractivity contribution is 0.105. The van der Waals surface area contributed by atoms with Crippen LogP contribution >= 0.6 is 0 Å². The zero-order valence-corrected chi connectivity index (χ0v) is 9.82. The van der Waals surface area contributed by atoms with Gasteiger partial charge in [0.25, 0.3) is 0 Å². The number of benzene rings is 1. The molecular weight excluding hydrogens is 218 g/mol. The third-order valence-corrected chi connectivity index (χ3v) is 2.20. The van der Waals surface area contributed by atoms with Crippen LogP contribution in [-0.4, -0.2) is 38.0 Å². The summed E-state index contributed by atoms with van der Waals surface area (Å²) in [6, 6.07) is 7.78. The van der Waals surface area contributed by atoms with Gasteiger partial charge < -0.3 is 14.4 Å². The molecule has 0 radical (unpaired) electrons. The van der Waals surface area contributed by atoms with Gasteiger partial charge in [0.1, 0.15) is 13.2 Å². The number of nitrogens with zero attached hydrogens (tertiary/aromatic N) is 1. The fourth-order valence-electron chi connectivity index (χ4n) is 1.42. The van der Waals surface area contributed by atoms with E-state index in [1.165, 1.54) is 0 Å². The summed E-state index contributed by atoms with van der Waals surface area (Å²) in [4.78, 5) is 13.4. The van der Waals surface area contributed by atoms with Crippen molar-refractivity contribution in [3.05, 3.63) is 23.8 Å². The third kappa shape index (κ3) is 2.70. The lowest BCUT2D eigenvalue weighted by Gasteiger charge is -2.18. The van der Waals surface area contributed by atoms with Crippen LogP contribution in [0, 0.1) is 12.0 Å². The van der Waals surface area contributed by atoms with Crippen LogP contribution in [0.5, 0.6) is 11.5 Å². The van der Waals surface area contributed by atoms with E-state index in [4.69, 9.17) is 9.47 Å². The molecule has 0 aromatic heterocycles. The molecule has 0 amide bonds. The number of fused-ring (bicyclic) bond motifs is 1. The van der Waals surface area contributed by atoms with Gasteiger partial charge in [-0.15, -0.1) is 0 Å². The molecule has 0 bridgehead atoms. The predicted octanol–water partition coefficient (Wildman–Crippen LogP) is 1.16. The second-order valence-corrected chi connectivity index (χ2v) is 3.82. The van der Waals surface area contributed by atoms with Crippen LogP contribution in [0.3, 0.4) is 0 Å². The largest absolute Gasteiger partial charge is 0.486 e. The highest BCUT2D eigenvalue weighted by molar-refractivity contribution is 6.09. The molecule has 0 unspecified atom stereocenters. The molecule has 0 saturated heterocycles. The minimum absolute atomic E-state index is 0.226. The van der Waals surface area contributed by atoms with E-state index in [9.17, 15) is 4.79 Å². The van der Waals surface area contributed by atoms with Crippen molar-refractivity contribution in [2.24, 2.45) is 0 Å². The number of carbonyl (C=O) groups is 1. The van der Waals surface area contributed by atoms with Crippen LogP contribution in [0.4, 0.5) is 0 Å². The summed E-state index contributed by atoms with van der Waals surface area (Å²) >= 11 is 0. The lowest BCUT2D eigenvalue weighted by atomic mass is 10.1. The smallest absolute Gasteiger partial charge is 0.237 e. The molecule has 88 valence electrons. The van der Waals surface area contributed by atoms with Crippen LogP contribution < -0.4 is 9.47 Å². The summed E-state index contributed by atoms with van der Waals surface area (Å²) in [5.41, 5.74) is 0.517. The Kier molecular flexibility index (Phi) is 3.20. The van der Waals surface area contributed by atoms with Crippen molar-refractivity contribution in [2.75, 3.05) is 27.3 Å². The molecule has 1 aromatic carbocycles. The van der Waals surface area contributed by atoms with E-state index in [0.717, 1.165) is 0 Å². The molecule has 17 heavy (non-hydrogen) atoms. The first kappa shape index (κ1) is 11.3. The summed E-state index contributed by atoms with van der Waals surface area (Å²) in [5.74, 6) is 3.60. The first-order valence-electron chi connectivity index (χ1n) is 5.30. The molecule has 1 heterocycles. The molecule has 0 saturated carbocycles. The average Bonchev–Trinajstić information content (AvgIpc) is 2.35. The van der Waals surface area contributed by atoms with Gasteiger partial charge in [0.05, 0.1) is 0 Å². The first-order chi connectivity index (χ1) is 8.16. The van der Waals surface area contributed by atoms with Gasteiger partial charge in [0.15, 0.2) is 11.5 Å². The van der Waals surface area contributed by atoms with E-state index in [0.29, 0.717) is 30.3 Å². The summed E-state index contributed by atoms with van der Waals surface area (Å²) in [7, 11) is 3.56. The van der Waals surface area contributed by atoms with E-state index in [1.54, 1.807) is 37.2 Å². The molecule has 2 rings (SSSR count). The van der Waals surface area contributed by atoms with Gasteiger partial charge >= 0.3 is 0 Å². The highest BCUT2D eigenvalue weighted by Gasteiger charge is 2.13. The number of Topliss-reactive ketones (excluding diaryl/α,β-unsaturated/α-hetero) is 1. The molecule has 4 nitrogen and oxygen atoms in total. The SMILES string of the molecule is CN(C)C#CC(=O)c1ccc2c(c1)OCCO2. The maximum atomic E-state index is 11.7. The standard InChI is InChI=1S/C13H13NO3/c1-14(2)6-5-11(15)10-3-4-12-13(9-10)17-8-7-16-12/h3-4,9H,7-8H2,1-2H3. The van der Waals surface area contributed by atoms with Crippen molar-refractivity contribution >= 4 is 5.78 Å². The van der Waals surface area contributed by atoms with Gasteiger partial charge in [-0.1, -0.05) is 0 Å². The van der Waals surface area contributed by atoms with Gasteiger partial charge in [-0.05, 0) is 24.1 Å². The number of rotatable bonds is 1. The quantitative estimate of drug-likeness (QED) is 0.413. The highest BCUT2D eigenvalue weighted by Crippen LogP contribution is 2.30. The molecule has 1 aromatic rings. The van der Waals surface area contributed by atoms with Gasteiger partial charge in [0, 0.05) is 25.7 Å². The van der Waals surface area contributed by atoms with Crippen LogP contribution in [-0.2, 0) is 0 Å². The molecule has 0 N–H and O–H groups in total. The Balaban J connectivity index is 2.23. The molecule has 0 fully saturated rings. The van der Waals surface area contributed by atoms with E-state index in [2.05, 4.69) is 12.0 Å². The zero-order chi connectivity index (χ0) is 12.3. The van der Waals surface area contributed by atoms with Crippen molar-refractivity contribution in [3.63, 3.8) is 0 Å². The number of ether oxygens (including phenoxy) is 2. The minimum Gasteiger partial charge on any atom is -0.486 e. The van der Waals surface area contributed by atoms with Crippen molar-refractivity contribution in [1.29, 1.82) is 0 Å². The third-order valence-electron chi connectivity index (χ3n) is 2.20. The Morgan fingerprint density at radius 3 is 2.65 bits per heavy atom. The summed E-state index contributed by atoms with van der Waals surface area (Å²) in [6.07, 6.45) is 0. The van der Waals surface area contributed by atoms with Crippen molar-refractivity contribution in [3.8, 4) is 23.5 Å². The molecule has 0 atom stereocenters. The fraction of sp³-hybridized carbons (Fsp3) is 0.308. The van der Waals surface area contributed by atoms with Crippen LogP contribution in [0.25, 0.3) is 0 Å². The normalized spacial score (nSPS) is 12.4. The summed E-state index contributed by atoms with van der Waals surface area (Å²) < 4.78 is 10.8. The second kappa shape index (κ2) is 4.79. The lowest BCUT2D eigenvalue weighted by Crippen LogP contribution is -2.15. The van der Waals surface area contributed by atoms with Crippen LogP contribution in [0.15, 0.2) is 18.2 Å². The Bertz CT molecular complexity index is 497. The fourth-order valence-corrected chi connectivity index (χ4v) is 1.42. The number of hydrogen-bond donors (Lipinski definition) is 0. The van der Waals surface area contributed by atoms with E-state index < -0.39 is 0 Å². The second-order valence-electron chi connectivity index (χ2n) is 3.82. The maximum absolute atomic E-state index is 11.7. The van der Waals surface area contributed by atoms with Gasteiger partial charge in [-0.25, -0.2) is 0 Å². The van der Waals surface area contributed by atoms with E-state index >= 15 is 0 Å². The first-order valence-corrected chi connectivity index (χ1v) is 5.30. The van der Waals surface area contributed by atoms with Crippen LogP contribution in [0.1, 0.15) is 10.4 Å². The Morgan fingerprint density at radius 1 is 1.24 bits per heavy atom. The Hall–Kier alpha value is -2.15. The highest BCUT2D eigenvalue weighted by atomic mass is 16.6. The molecule has 0 spiro atoms. The maximum Gasteiger partial charge on any atom is 0.237 e. The molecule has 1 aliphatic heterocycles. The van der Waals surface area contributed by atoms with Gasteiger partial charge in [-0.2, -0.15) is 0 Å². The van der Waals surface area contributed by atoms with Crippen molar-refractivity contribution < 1.29 is 14.3 Å². The zero-order valence-electron chi connectivity index (χ0n) is 9.82. The number of ketones is 1. The molecular formula is C13H13NO3. The Morgan fingerprint density at radius 2 is 1.94 bits per heavy atom. The van der Waals surface area contributed by atoms with Gasteiger partial charge in [0.2, 0.25) is 5.78 Å². The van der Waals surface area contributed by atoms with Gasteiger partial charge in [-0.3, -0.25) is 4.79 Å². The number of hydrogen-bond acceptors (Lipinski definition) is 4. The molecule has 0 aliphatic carbocycles. The van der Waals surface area contributed by atoms with E-state index in [-0.39, 0.29) is 5.78 Å². The molecule has 4 heteroatoms. The summed E-state index contributed by atoms with van der Waals surface area (Å²) in [5, 5.41) is 0. The van der Waals surface area contributed by atoms with Crippen LogP contribution in [0.2, 0.25) is 0 Å². The summed E-state index contributed by atoms with van der Waals surface area (Å²) in [6.45, 7) is 1.05. The topological polar surface area (TPSA) is 38.8 Å².